The van der Waals surface area contributed by atoms with Crippen LogP contribution in [0.1, 0.15) is 5.56 Å². The molecule has 1 aromatic heterocycles. The van der Waals surface area contributed by atoms with Gasteiger partial charge in [-0.2, -0.15) is 18.3 Å². The van der Waals surface area contributed by atoms with Crippen molar-refractivity contribution in [3.63, 3.8) is 0 Å². The second-order valence-corrected chi connectivity index (χ2v) is 3.33. The zero-order valence-electron chi connectivity index (χ0n) is 8.90. The van der Waals surface area contributed by atoms with Crippen molar-refractivity contribution in [3.8, 4) is 11.4 Å². The van der Waals surface area contributed by atoms with Crippen LogP contribution in [-0.4, -0.2) is 16.9 Å². The minimum absolute atomic E-state index is 0.0538. The average Bonchev–Trinajstić information content (AvgIpc) is 2.80. The molecule has 0 amide bonds. The van der Waals surface area contributed by atoms with Gasteiger partial charge in [-0.25, -0.2) is 4.68 Å². The number of benzene rings is 1. The van der Waals surface area contributed by atoms with Crippen molar-refractivity contribution >= 4 is 0 Å². The van der Waals surface area contributed by atoms with E-state index in [0.717, 1.165) is 10.7 Å². The second kappa shape index (κ2) is 4.12. The highest BCUT2D eigenvalue weighted by Gasteiger charge is 2.34. The van der Waals surface area contributed by atoms with E-state index in [2.05, 4.69) is 5.10 Å². The zero-order valence-corrected chi connectivity index (χ0v) is 8.90. The first-order valence-corrected chi connectivity index (χ1v) is 4.77. The quantitative estimate of drug-likeness (QED) is 0.809. The molecule has 1 aromatic carbocycles. The minimum Gasteiger partial charge on any atom is -0.497 e. The molecule has 90 valence electrons. The molecule has 2 aromatic rings. The second-order valence-electron chi connectivity index (χ2n) is 3.33. The first-order chi connectivity index (χ1) is 8.02. The fraction of sp³-hybridized carbons (Fsp3) is 0.182. The van der Waals surface area contributed by atoms with Gasteiger partial charge in [0.25, 0.3) is 0 Å². The molecule has 17 heavy (non-hydrogen) atoms. The molecule has 0 atom stereocenters. The van der Waals surface area contributed by atoms with Gasteiger partial charge >= 0.3 is 6.18 Å². The summed E-state index contributed by atoms with van der Waals surface area (Å²) in [5.74, 6) is 0.350. The topological polar surface area (TPSA) is 27.1 Å². The van der Waals surface area contributed by atoms with E-state index < -0.39 is 11.7 Å². The Bertz CT molecular complexity index is 506. The molecule has 0 saturated carbocycles. The van der Waals surface area contributed by atoms with Crippen molar-refractivity contribution in [2.24, 2.45) is 0 Å². The maximum absolute atomic E-state index is 12.8. The predicted octanol–water partition coefficient (Wildman–Crippen LogP) is 2.90. The monoisotopic (exact) mass is 242 g/mol. The lowest BCUT2D eigenvalue weighted by atomic mass is 10.1. The molecule has 0 radical (unpaired) electrons. The smallest absolute Gasteiger partial charge is 0.418 e. The fourth-order valence-corrected chi connectivity index (χ4v) is 1.48. The zero-order chi connectivity index (χ0) is 12.5. The van der Waals surface area contributed by atoms with Gasteiger partial charge in [0.2, 0.25) is 0 Å². The van der Waals surface area contributed by atoms with Crippen LogP contribution in [0.15, 0.2) is 36.7 Å². The molecule has 0 saturated heterocycles. The highest BCUT2D eigenvalue weighted by Crippen LogP contribution is 2.35. The molecule has 0 aliphatic rings. The Labute approximate surface area is 95.4 Å². The minimum atomic E-state index is -4.42. The van der Waals surface area contributed by atoms with Gasteiger partial charge < -0.3 is 4.74 Å². The molecular formula is C11H9F3N2O. The van der Waals surface area contributed by atoms with Crippen LogP contribution in [-0.2, 0) is 6.18 Å². The van der Waals surface area contributed by atoms with Crippen LogP contribution >= 0.6 is 0 Å². The number of ether oxygens (including phenoxy) is 1. The Balaban J connectivity index is 2.61. The fourth-order valence-electron chi connectivity index (χ4n) is 1.48. The number of aromatic nitrogens is 2. The van der Waals surface area contributed by atoms with Crippen LogP contribution in [0.5, 0.6) is 5.75 Å². The van der Waals surface area contributed by atoms with Gasteiger partial charge in [-0.05, 0) is 18.2 Å². The van der Waals surface area contributed by atoms with E-state index in [-0.39, 0.29) is 5.69 Å². The summed E-state index contributed by atoms with van der Waals surface area (Å²) < 4.78 is 44.5. The van der Waals surface area contributed by atoms with E-state index in [1.807, 2.05) is 0 Å². The lowest BCUT2D eigenvalue weighted by Crippen LogP contribution is -2.11. The predicted molar refractivity (Wildman–Crippen MR) is 55.1 cm³/mol. The van der Waals surface area contributed by atoms with Gasteiger partial charge in [0.1, 0.15) is 5.75 Å². The van der Waals surface area contributed by atoms with Gasteiger partial charge in [0.05, 0.1) is 18.4 Å². The molecule has 0 bridgehead atoms. The third kappa shape index (κ3) is 2.25. The molecule has 6 heteroatoms. The molecule has 3 nitrogen and oxygen atoms in total. The first kappa shape index (κ1) is 11.5. The molecule has 0 spiro atoms. The van der Waals surface area contributed by atoms with E-state index >= 15 is 0 Å². The van der Waals surface area contributed by atoms with Gasteiger partial charge in [0, 0.05) is 18.5 Å². The lowest BCUT2D eigenvalue weighted by Gasteiger charge is -2.13. The van der Waals surface area contributed by atoms with Crippen molar-refractivity contribution in [1.82, 2.24) is 9.78 Å². The SMILES string of the molecule is COc1ccc(C(F)(F)F)c(-n2cccn2)c1. The molecule has 0 aliphatic carbocycles. The number of hydrogen-bond donors (Lipinski definition) is 0. The highest BCUT2D eigenvalue weighted by molar-refractivity contribution is 5.47. The van der Waals surface area contributed by atoms with Crippen LogP contribution in [0, 0.1) is 0 Å². The maximum Gasteiger partial charge on any atom is 0.418 e. The number of alkyl halides is 3. The number of hydrogen-bond acceptors (Lipinski definition) is 2. The molecule has 0 aliphatic heterocycles. The van der Waals surface area contributed by atoms with E-state index in [1.54, 1.807) is 6.07 Å². The Hall–Kier alpha value is -1.98. The maximum atomic E-state index is 12.8. The Morgan fingerprint density at radius 1 is 1.29 bits per heavy atom. The summed E-state index contributed by atoms with van der Waals surface area (Å²) in [5, 5.41) is 3.80. The van der Waals surface area contributed by atoms with Crippen LogP contribution in [0.2, 0.25) is 0 Å². The third-order valence-corrected chi connectivity index (χ3v) is 2.26. The summed E-state index contributed by atoms with van der Waals surface area (Å²) >= 11 is 0. The first-order valence-electron chi connectivity index (χ1n) is 4.77. The standard InChI is InChI=1S/C11H9F3N2O/c1-17-8-3-4-9(11(12,13)14)10(7-8)16-6-2-5-15-16/h2-7H,1H3. The highest BCUT2D eigenvalue weighted by atomic mass is 19.4. The number of halogens is 3. The van der Waals surface area contributed by atoms with E-state index in [9.17, 15) is 13.2 Å². The summed E-state index contributed by atoms with van der Waals surface area (Å²) in [4.78, 5) is 0. The van der Waals surface area contributed by atoms with Gasteiger partial charge in [-0.3, -0.25) is 0 Å². The largest absolute Gasteiger partial charge is 0.497 e. The summed E-state index contributed by atoms with van der Waals surface area (Å²) in [5.41, 5.74) is -0.802. The Kier molecular flexibility index (Phi) is 2.79. The van der Waals surface area contributed by atoms with Gasteiger partial charge in [0.15, 0.2) is 0 Å². The van der Waals surface area contributed by atoms with Gasteiger partial charge in [-0.15, -0.1) is 0 Å². The summed E-state index contributed by atoms with van der Waals surface area (Å²) in [6, 6.07) is 5.11. The van der Waals surface area contributed by atoms with E-state index in [1.165, 1.54) is 31.6 Å². The molecule has 0 N–H and O–H groups in total. The van der Waals surface area contributed by atoms with E-state index in [4.69, 9.17) is 4.74 Å². The van der Waals surface area contributed by atoms with Crippen molar-refractivity contribution in [2.75, 3.05) is 7.11 Å². The van der Waals surface area contributed by atoms with Crippen molar-refractivity contribution < 1.29 is 17.9 Å². The van der Waals surface area contributed by atoms with Crippen molar-refractivity contribution in [1.29, 1.82) is 0 Å². The van der Waals surface area contributed by atoms with Crippen LogP contribution in [0.4, 0.5) is 13.2 Å². The Morgan fingerprint density at radius 3 is 2.59 bits per heavy atom. The van der Waals surface area contributed by atoms with Crippen molar-refractivity contribution in [3.05, 3.63) is 42.2 Å². The molecule has 0 unspecified atom stereocenters. The van der Waals surface area contributed by atoms with Crippen LogP contribution < -0.4 is 4.74 Å². The molecule has 2 rings (SSSR count). The number of nitrogens with zero attached hydrogens (tertiary/aromatic N) is 2. The summed E-state index contributed by atoms with van der Waals surface area (Å²) in [6.45, 7) is 0. The third-order valence-electron chi connectivity index (χ3n) is 2.26. The number of rotatable bonds is 2. The molecular weight excluding hydrogens is 233 g/mol. The van der Waals surface area contributed by atoms with Crippen molar-refractivity contribution in [2.45, 2.75) is 6.18 Å². The Morgan fingerprint density at radius 2 is 2.06 bits per heavy atom. The molecule has 0 fully saturated rings. The summed E-state index contributed by atoms with van der Waals surface area (Å²) in [6.07, 6.45) is -1.56. The van der Waals surface area contributed by atoms with Crippen LogP contribution in [0.3, 0.4) is 0 Å². The lowest BCUT2D eigenvalue weighted by molar-refractivity contribution is -0.137. The normalized spacial score (nSPS) is 11.5. The average molecular weight is 242 g/mol. The molecule has 1 heterocycles. The number of methoxy groups -OCH3 is 1. The van der Waals surface area contributed by atoms with Crippen LogP contribution in [0.25, 0.3) is 5.69 Å². The summed E-state index contributed by atoms with van der Waals surface area (Å²) in [7, 11) is 1.40. The van der Waals surface area contributed by atoms with E-state index in [0.29, 0.717) is 5.75 Å². The van der Waals surface area contributed by atoms with Gasteiger partial charge in [-0.1, -0.05) is 0 Å².